The standard InChI is InChI=1S/C19H22F3N3O5/c1-18(2,3)25-16(27)13-14(10-4-6-11(7-5-10)29-19(20,21)22)24(9-8-12(23)26)30-15(13)17(25)28/h4-7,13-15H,8-9H2,1-3H3,(H2,23,26). The number of fused-ring (bicyclic) bond motifs is 1. The summed E-state index contributed by atoms with van der Waals surface area (Å²) < 4.78 is 41.1. The lowest BCUT2D eigenvalue weighted by Crippen LogP contribution is -2.48. The van der Waals surface area contributed by atoms with E-state index in [1.807, 2.05) is 0 Å². The molecule has 2 aliphatic heterocycles. The summed E-state index contributed by atoms with van der Waals surface area (Å²) in [6, 6.07) is 4.19. The number of amides is 3. The summed E-state index contributed by atoms with van der Waals surface area (Å²) >= 11 is 0. The summed E-state index contributed by atoms with van der Waals surface area (Å²) in [4.78, 5) is 44.0. The van der Waals surface area contributed by atoms with E-state index in [0.717, 1.165) is 17.0 Å². The van der Waals surface area contributed by atoms with E-state index in [1.54, 1.807) is 20.8 Å². The van der Waals surface area contributed by atoms with Gasteiger partial charge in [0.25, 0.3) is 5.91 Å². The van der Waals surface area contributed by atoms with Crippen molar-refractivity contribution in [3.05, 3.63) is 29.8 Å². The van der Waals surface area contributed by atoms with Crippen LogP contribution in [0, 0.1) is 5.92 Å². The summed E-state index contributed by atoms with van der Waals surface area (Å²) in [5, 5.41) is 1.33. The molecule has 0 saturated carbocycles. The number of alkyl halides is 3. The quantitative estimate of drug-likeness (QED) is 0.718. The first kappa shape index (κ1) is 22.0. The molecular weight excluding hydrogens is 407 g/mol. The number of imide groups is 1. The van der Waals surface area contributed by atoms with Crippen LogP contribution in [0.15, 0.2) is 24.3 Å². The summed E-state index contributed by atoms with van der Waals surface area (Å²) in [5.74, 6) is -2.87. The molecule has 0 bridgehead atoms. The maximum absolute atomic E-state index is 13.1. The van der Waals surface area contributed by atoms with Gasteiger partial charge in [0.2, 0.25) is 11.8 Å². The fraction of sp³-hybridized carbons (Fsp3) is 0.526. The van der Waals surface area contributed by atoms with E-state index in [4.69, 9.17) is 10.6 Å². The number of hydrogen-bond acceptors (Lipinski definition) is 6. The van der Waals surface area contributed by atoms with Crippen molar-refractivity contribution in [2.75, 3.05) is 6.54 Å². The second-order valence-corrected chi connectivity index (χ2v) is 8.15. The van der Waals surface area contributed by atoms with Crippen LogP contribution in [0.4, 0.5) is 13.2 Å². The molecule has 8 nitrogen and oxygen atoms in total. The highest BCUT2D eigenvalue weighted by Gasteiger charge is 2.61. The first-order valence-electron chi connectivity index (χ1n) is 9.25. The first-order valence-corrected chi connectivity index (χ1v) is 9.25. The van der Waals surface area contributed by atoms with Crippen molar-refractivity contribution in [1.29, 1.82) is 0 Å². The van der Waals surface area contributed by atoms with Crippen LogP contribution in [0.3, 0.4) is 0 Å². The first-order chi connectivity index (χ1) is 13.8. The number of nitrogens with two attached hydrogens (primary N) is 1. The van der Waals surface area contributed by atoms with Crippen LogP contribution in [0.25, 0.3) is 0 Å². The van der Waals surface area contributed by atoms with Crippen LogP contribution in [-0.2, 0) is 19.2 Å². The number of rotatable bonds is 5. The number of hydroxylamine groups is 2. The van der Waals surface area contributed by atoms with Gasteiger partial charge in [0.05, 0.1) is 12.0 Å². The second kappa shape index (κ2) is 7.55. The number of ether oxygens (including phenoxy) is 1. The summed E-state index contributed by atoms with van der Waals surface area (Å²) in [5.41, 5.74) is 4.87. The predicted molar refractivity (Wildman–Crippen MR) is 96.4 cm³/mol. The Bertz CT molecular complexity index is 850. The number of carbonyl (C=O) groups is 3. The second-order valence-electron chi connectivity index (χ2n) is 8.15. The van der Waals surface area contributed by atoms with Gasteiger partial charge in [-0.3, -0.25) is 24.1 Å². The van der Waals surface area contributed by atoms with Gasteiger partial charge in [0, 0.05) is 18.5 Å². The largest absolute Gasteiger partial charge is 0.573 e. The molecule has 3 amide bonds. The minimum atomic E-state index is -4.84. The number of primary amides is 1. The van der Waals surface area contributed by atoms with Gasteiger partial charge in [-0.1, -0.05) is 12.1 Å². The van der Waals surface area contributed by atoms with Gasteiger partial charge < -0.3 is 10.5 Å². The van der Waals surface area contributed by atoms with Crippen molar-refractivity contribution in [1.82, 2.24) is 9.96 Å². The molecular formula is C19H22F3N3O5. The Labute approximate surface area is 170 Å². The number of nitrogens with zero attached hydrogens (tertiary/aromatic N) is 2. The molecule has 3 atom stereocenters. The lowest BCUT2D eigenvalue weighted by molar-refractivity contribution is -0.274. The number of hydrogen-bond donors (Lipinski definition) is 1. The Balaban J connectivity index is 1.94. The molecule has 3 unspecified atom stereocenters. The van der Waals surface area contributed by atoms with Crippen LogP contribution in [-0.4, -0.2) is 52.2 Å². The minimum absolute atomic E-state index is 0.0177. The zero-order valence-corrected chi connectivity index (χ0v) is 16.6. The highest BCUT2D eigenvalue weighted by molar-refractivity contribution is 6.08. The zero-order valence-electron chi connectivity index (χ0n) is 16.6. The SMILES string of the molecule is CC(C)(C)N1C(=O)C2ON(CCC(N)=O)C(c3ccc(OC(F)(F)F)cc3)C2C1=O. The Morgan fingerprint density at radius 2 is 1.73 bits per heavy atom. The molecule has 2 aliphatic rings. The van der Waals surface area contributed by atoms with Gasteiger partial charge in [-0.25, -0.2) is 0 Å². The van der Waals surface area contributed by atoms with E-state index in [9.17, 15) is 27.6 Å². The van der Waals surface area contributed by atoms with Crippen LogP contribution in [0.1, 0.15) is 38.8 Å². The molecule has 2 fully saturated rings. The average Bonchev–Trinajstić information content (AvgIpc) is 3.08. The van der Waals surface area contributed by atoms with E-state index in [-0.39, 0.29) is 13.0 Å². The van der Waals surface area contributed by atoms with Gasteiger partial charge in [0.1, 0.15) is 5.75 Å². The lowest BCUT2D eigenvalue weighted by atomic mass is 9.90. The fourth-order valence-electron chi connectivity index (χ4n) is 3.78. The van der Waals surface area contributed by atoms with Crippen molar-refractivity contribution in [2.24, 2.45) is 11.7 Å². The van der Waals surface area contributed by atoms with Crippen molar-refractivity contribution < 1.29 is 37.1 Å². The van der Waals surface area contributed by atoms with E-state index < -0.39 is 53.4 Å². The molecule has 2 heterocycles. The van der Waals surface area contributed by atoms with Crippen molar-refractivity contribution in [3.63, 3.8) is 0 Å². The zero-order chi connectivity index (χ0) is 22.4. The molecule has 2 N–H and O–H groups in total. The Hall–Kier alpha value is -2.66. The van der Waals surface area contributed by atoms with Crippen LogP contribution >= 0.6 is 0 Å². The summed E-state index contributed by atoms with van der Waals surface area (Å²) in [6.45, 7) is 5.16. The maximum Gasteiger partial charge on any atom is 0.573 e. The van der Waals surface area contributed by atoms with Crippen molar-refractivity contribution in [2.45, 2.75) is 51.2 Å². The number of benzene rings is 1. The van der Waals surface area contributed by atoms with Gasteiger partial charge in [-0.15, -0.1) is 13.2 Å². The van der Waals surface area contributed by atoms with E-state index in [0.29, 0.717) is 5.56 Å². The molecule has 0 spiro atoms. The fourth-order valence-corrected chi connectivity index (χ4v) is 3.78. The monoisotopic (exact) mass is 429 g/mol. The Morgan fingerprint density at radius 1 is 1.13 bits per heavy atom. The number of likely N-dealkylation sites (tertiary alicyclic amines) is 1. The maximum atomic E-state index is 13.1. The van der Waals surface area contributed by atoms with Gasteiger partial charge in [-0.2, -0.15) is 5.06 Å². The molecule has 11 heteroatoms. The van der Waals surface area contributed by atoms with Crippen molar-refractivity contribution in [3.8, 4) is 5.75 Å². The van der Waals surface area contributed by atoms with Crippen LogP contribution in [0.2, 0.25) is 0 Å². The smallest absolute Gasteiger partial charge is 0.406 e. The topological polar surface area (TPSA) is 102 Å². The van der Waals surface area contributed by atoms with E-state index in [1.165, 1.54) is 17.2 Å². The number of halogens is 3. The minimum Gasteiger partial charge on any atom is -0.406 e. The molecule has 0 aliphatic carbocycles. The molecule has 0 radical (unpaired) electrons. The molecule has 30 heavy (non-hydrogen) atoms. The van der Waals surface area contributed by atoms with Crippen molar-refractivity contribution >= 4 is 17.7 Å². The third kappa shape index (κ3) is 4.26. The normalized spacial score (nSPS) is 25.0. The Morgan fingerprint density at radius 3 is 2.23 bits per heavy atom. The molecule has 1 aromatic carbocycles. The summed E-state index contributed by atoms with van der Waals surface area (Å²) in [6.07, 6.45) is -6.01. The summed E-state index contributed by atoms with van der Waals surface area (Å²) in [7, 11) is 0. The van der Waals surface area contributed by atoms with E-state index >= 15 is 0 Å². The molecule has 1 aromatic rings. The van der Waals surface area contributed by atoms with Gasteiger partial charge in [-0.05, 0) is 38.5 Å². The van der Waals surface area contributed by atoms with Crippen LogP contribution in [0.5, 0.6) is 5.75 Å². The lowest BCUT2D eigenvalue weighted by Gasteiger charge is -2.33. The molecule has 164 valence electrons. The predicted octanol–water partition coefficient (Wildman–Crippen LogP) is 1.90. The molecule has 0 aromatic heterocycles. The van der Waals surface area contributed by atoms with E-state index in [2.05, 4.69) is 4.74 Å². The highest BCUT2D eigenvalue weighted by atomic mass is 19.4. The highest BCUT2D eigenvalue weighted by Crippen LogP contribution is 2.46. The van der Waals surface area contributed by atoms with Crippen LogP contribution < -0.4 is 10.5 Å². The molecule has 3 rings (SSSR count). The third-order valence-corrected chi connectivity index (χ3v) is 4.90. The van der Waals surface area contributed by atoms with Gasteiger partial charge >= 0.3 is 6.36 Å². The van der Waals surface area contributed by atoms with Gasteiger partial charge in [0.15, 0.2) is 6.10 Å². The average molecular weight is 429 g/mol. The Kier molecular flexibility index (Phi) is 5.54. The third-order valence-electron chi connectivity index (χ3n) is 4.90. The number of carbonyl (C=O) groups excluding carboxylic acids is 3. The molecule has 2 saturated heterocycles.